The van der Waals surface area contributed by atoms with Crippen LogP contribution in [-0.2, 0) is 0 Å². The van der Waals surface area contributed by atoms with Crippen LogP contribution < -0.4 is 0 Å². The number of rotatable bonds is 2. The molecule has 1 aromatic rings. The van der Waals surface area contributed by atoms with Gasteiger partial charge in [0.2, 0.25) is 0 Å². The number of thiazole rings is 1. The van der Waals surface area contributed by atoms with Gasteiger partial charge < -0.3 is 5.11 Å². The molecule has 0 aliphatic heterocycles. The Balaban J connectivity index is 2.08. The maximum absolute atomic E-state index is 10.0. The lowest BCUT2D eigenvalue weighted by atomic mass is 9.91. The molecule has 0 saturated heterocycles. The Morgan fingerprint density at radius 1 is 1.62 bits per heavy atom. The predicted molar refractivity (Wildman–Crippen MR) is 53.6 cm³/mol. The summed E-state index contributed by atoms with van der Waals surface area (Å²) in [5.74, 6) is 1.08. The predicted octanol–water partition coefficient (Wildman–Crippen LogP) is 2.61. The van der Waals surface area contributed by atoms with Crippen molar-refractivity contribution in [2.24, 2.45) is 11.8 Å². The van der Waals surface area contributed by atoms with Crippen LogP contribution in [0.25, 0.3) is 0 Å². The van der Waals surface area contributed by atoms with Crippen LogP contribution in [0.15, 0.2) is 10.9 Å². The molecule has 3 heteroatoms. The second kappa shape index (κ2) is 3.76. The van der Waals surface area contributed by atoms with E-state index < -0.39 is 0 Å². The largest absolute Gasteiger partial charge is 0.386 e. The van der Waals surface area contributed by atoms with E-state index in [1.807, 2.05) is 5.38 Å². The van der Waals surface area contributed by atoms with Crippen molar-refractivity contribution in [3.63, 3.8) is 0 Å². The summed E-state index contributed by atoms with van der Waals surface area (Å²) in [6.07, 6.45) is 3.34. The molecule has 2 rings (SSSR count). The minimum absolute atomic E-state index is 0.330. The van der Waals surface area contributed by atoms with Gasteiger partial charge >= 0.3 is 0 Å². The summed E-state index contributed by atoms with van der Waals surface area (Å²) in [6, 6.07) is 0. The van der Waals surface area contributed by atoms with Crippen molar-refractivity contribution in [2.45, 2.75) is 32.3 Å². The van der Waals surface area contributed by atoms with Crippen LogP contribution in [0, 0.1) is 11.8 Å². The van der Waals surface area contributed by atoms with Crippen LogP contribution in [0.5, 0.6) is 0 Å². The molecule has 1 saturated carbocycles. The van der Waals surface area contributed by atoms with E-state index in [1.54, 1.807) is 16.8 Å². The van der Waals surface area contributed by atoms with Crippen LogP contribution in [0.3, 0.4) is 0 Å². The molecule has 1 aliphatic rings. The molecule has 1 aromatic heterocycles. The summed E-state index contributed by atoms with van der Waals surface area (Å²) in [4.78, 5) is 4.16. The molecular formula is C10H15NOS. The molecule has 0 radical (unpaired) electrons. The molecule has 0 bridgehead atoms. The van der Waals surface area contributed by atoms with Gasteiger partial charge in [-0.2, -0.15) is 0 Å². The summed E-state index contributed by atoms with van der Waals surface area (Å²) >= 11 is 1.56. The van der Waals surface area contributed by atoms with Crippen molar-refractivity contribution >= 4 is 11.3 Å². The van der Waals surface area contributed by atoms with E-state index in [0.717, 1.165) is 12.1 Å². The van der Waals surface area contributed by atoms with Crippen LogP contribution in [-0.4, -0.2) is 10.1 Å². The quantitative estimate of drug-likeness (QED) is 0.790. The zero-order valence-electron chi connectivity index (χ0n) is 7.81. The first-order valence-corrected chi connectivity index (χ1v) is 5.79. The number of aromatic nitrogens is 1. The maximum atomic E-state index is 10.0. The van der Waals surface area contributed by atoms with Crippen LogP contribution in [0.2, 0.25) is 0 Å². The SMILES string of the molecule is CC1CCCC1C(O)c1cscn1. The summed E-state index contributed by atoms with van der Waals surface area (Å²) in [5.41, 5.74) is 2.65. The lowest BCUT2D eigenvalue weighted by Crippen LogP contribution is -2.15. The van der Waals surface area contributed by atoms with Crippen LogP contribution in [0.4, 0.5) is 0 Å². The number of hydrogen-bond acceptors (Lipinski definition) is 3. The van der Waals surface area contributed by atoms with E-state index in [0.29, 0.717) is 11.8 Å². The highest BCUT2D eigenvalue weighted by Crippen LogP contribution is 2.39. The molecule has 0 spiro atoms. The smallest absolute Gasteiger partial charge is 0.0998 e. The van der Waals surface area contributed by atoms with Crippen molar-refractivity contribution in [3.8, 4) is 0 Å². The van der Waals surface area contributed by atoms with Gasteiger partial charge in [-0.25, -0.2) is 4.98 Å². The highest BCUT2D eigenvalue weighted by molar-refractivity contribution is 7.07. The van der Waals surface area contributed by atoms with E-state index >= 15 is 0 Å². The molecule has 0 amide bonds. The van der Waals surface area contributed by atoms with E-state index in [1.165, 1.54) is 12.8 Å². The number of aliphatic hydroxyl groups is 1. The Hall–Kier alpha value is -0.410. The van der Waals surface area contributed by atoms with Crippen molar-refractivity contribution in [2.75, 3.05) is 0 Å². The van der Waals surface area contributed by atoms with Gasteiger partial charge in [0.15, 0.2) is 0 Å². The summed E-state index contributed by atoms with van der Waals surface area (Å²) in [6.45, 7) is 2.23. The number of aliphatic hydroxyl groups excluding tert-OH is 1. The third-order valence-corrected chi connectivity index (χ3v) is 3.69. The van der Waals surface area contributed by atoms with Gasteiger partial charge in [0.1, 0.15) is 0 Å². The summed E-state index contributed by atoms with van der Waals surface area (Å²) < 4.78 is 0. The Morgan fingerprint density at radius 2 is 2.46 bits per heavy atom. The van der Waals surface area contributed by atoms with Crippen LogP contribution >= 0.6 is 11.3 Å². The zero-order chi connectivity index (χ0) is 9.26. The van der Waals surface area contributed by atoms with Gasteiger partial charge in [0, 0.05) is 5.38 Å². The standard InChI is InChI=1S/C10H15NOS/c1-7-3-2-4-8(7)10(12)9-5-13-6-11-9/h5-8,10,12H,2-4H2,1H3. The topological polar surface area (TPSA) is 33.1 Å². The van der Waals surface area contributed by atoms with Crippen molar-refractivity contribution in [1.82, 2.24) is 4.98 Å². The minimum Gasteiger partial charge on any atom is -0.386 e. The molecule has 1 fully saturated rings. The zero-order valence-corrected chi connectivity index (χ0v) is 8.63. The van der Waals surface area contributed by atoms with Gasteiger partial charge in [-0.05, 0) is 18.3 Å². The average molecular weight is 197 g/mol. The van der Waals surface area contributed by atoms with Gasteiger partial charge in [-0.15, -0.1) is 11.3 Å². The molecular weight excluding hydrogens is 182 g/mol. The van der Waals surface area contributed by atoms with E-state index in [4.69, 9.17) is 0 Å². The fourth-order valence-electron chi connectivity index (χ4n) is 2.23. The van der Waals surface area contributed by atoms with E-state index in [-0.39, 0.29) is 6.10 Å². The normalized spacial score (nSPS) is 30.6. The van der Waals surface area contributed by atoms with Gasteiger partial charge in [0.05, 0.1) is 17.3 Å². The first kappa shape index (κ1) is 9.16. The maximum Gasteiger partial charge on any atom is 0.0998 e. The molecule has 1 aliphatic carbocycles. The second-order valence-electron chi connectivity index (χ2n) is 3.93. The van der Waals surface area contributed by atoms with Crippen molar-refractivity contribution in [3.05, 3.63) is 16.6 Å². The molecule has 1 heterocycles. The Morgan fingerprint density at radius 3 is 3.00 bits per heavy atom. The van der Waals surface area contributed by atoms with Gasteiger partial charge in [-0.3, -0.25) is 0 Å². The lowest BCUT2D eigenvalue weighted by Gasteiger charge is -2.20. The highest BCUT2D eigenvalue weighted by atomic mass is 32.1. The molecule has 3 unspecified atom stereocenters. The van der Waals surface area contributed by atoms with E-state index in [2.05, 4.69) is 11.9 Å². The molecule has 3 atom stereocenters. The Kier molecular flexibility index (Phi) is 2.65. The van der Waals surface area contributed by atoms with Gasteiger partial charge in [-0.1, -0.05) is 19.8 Å². The minimum atomic E-state index is -0.330. The molecule has 13 heavy (non-hydrogen) atoms. The highest BCUT2D eigenvalue weighted by Gasteiger charge is 2.31. The lowest BCUT2D eigenvalue weighted by molar-refractivity contribution is 0.0867. The number of hydrogen-bond donors (Lipinski definition) is 1. The first-order valence-electron chi connectivity index (χ1n) is 4.85. The van der Waals surface area contributed by atoms with Crippen molar-refractivity contribution < 1.29 is 5.11 Å². The molecule has 2 nitrogen and oxygen atoms in total. The Labute approximate surface area is 82.6 Å². The molecule has 72 valence electrons. The molecule has 1 N–H and O–H groups in total. The second-order valence-corrected chi connectivity index (χ2v) is 4.65. The molecule has 0 aromatic carbocycles. The summed E-state index contributed by atoms with van der Waals surface area (Å²) in [5, 5.41) is 12.0. The van der Waals surface area contributed by atoms with Crippen LogP contribution in [0.1, 0.15) is 38.0 Å². The third-order valence-electron chi connectivity index (χ3n) is 3.09. The fraction of sp³-hybridized carbons (Fsp3) is 0.700. The number of nitrogens with zero attached hydrogens (tertiary/aromatic N) is 1. The first-order chi connectivity index (χ1) is 6.29. The third kappa shape index (κ3) is 1.76. The monoisotopic (exact) mass is 197 g/mol. The van der Waals surface area contributed by atoms with E-state index in [9.17, 15) is 5.11 Å². The average Bonchev–Trinajstić information content (AvgIpc) is 2.72. The van der Waals surface area contributed by atoms with Crippen molar-refractivity contribution in [1.29, 1.82) is 0 Å². The fourth-order valence-corrected chi connectivity index (χ4v) is 2.81. The summed E-state index contributed by atoms with van der Waals surface area (Å²) in [7, 11) is 0. The Bertz CT molecular complexity index is 260. The van der Waals surface area contributed by atoms with Gasteiger partial charge in [0.25, 0.3) is 0 Å².